The number of nitrogens with zero attached hydrogens (tertiary/aromatic N) is 1. The molecule has 29 heavy (non-hydrogen) atoms. The lowest BCUT2D eigenvalue weighted by Gasteiger charge is -2.36. The molecule has 2 saturated heterocycles. The highest BCUT2D eigenvalue weighted by molar-refractivity contribution is 7.98. The maximum absolute atomic E-state index is 10.4. The van der Waals surface area contributed by atoms with Crippen LogP contribution in [0.15, 0.2) is 66.1 Å². The number of hydrogen-bond donors (Lipinski definition) is 1. The zero-order chi connectivity index (χ0) is 20.0. The van der Waals surface area contributed by atoms with E-state index in [0.717, 1.165) is 36.3 Å². The summed E-state index contributed by atoms with van der Waals surface area (Å²) in [5.41, 5.74) is 5.21. The van der Waals surface area contributed by atoms with Gasteiger partial charge in [-0.1, -0.05) is 49.1 Å². The summed E-state index contributed by atoms with van der Waals surface area (Å²) in [5.74, 6) is 1.28. The second-order valence-electron chi connectivity index (χ2n) is 8.50. The molecule has 2 aliphatic heterocycles. The van der Waals surface area contributed by atoms with Gasteiger partial charge in [0.05, 0.1) is 13.2 Å². The molecule has 1 aliphatic carbocycles. The Morgan fingerprint density at radius 1 is 1.10 bits per heavy atom. The van der Waals surface area contributed by atoms with Crippen LogP contribution in [0.25, 0.3) is 11.3 Å². The second kappa shape index (κ2) is 7.35. The summed E-state index contributed by atoms with van der Waals surface area (Å²) in [6.45, 7) is 7.24. The van der Waals surface area contributed by atoms with Crippen LogP contribution in [0.3, 0.4) is 0 Å². The van der Waals surface area contributed by atoms with Crippen molar-refractivity contribution in [2.45, 2.75) is 16.9 Å². The van der Waals surface area contributed by atoms with Gasteiger partial charge in [0.15, 0.2) is 0 Å². The van der Waals surface area contributed by atoms with E-state index in [1.165, 1.54) is 16.0 Å². The zero-order valence-electron chi connectivity index (χ0n) is 16.8. The van der Waals surface area contributed by atoms with E-state index >= 15 is 0 Å². The highest BCUT2D eigenvalue weighted by Gasteiger charge is 2.39. The normalized spacial score (nSPS) is 24.8. The summed E-state index contributed by atoms with van der Waals surface area (Å²) in [5, 5.41) is 10.4. The van der Waals surface area contributed by atoms with E-state index in [0.29, 0.717) is 25.0 Å². The molecule has 2 unspecified atom stereocenters. The lowest BCUT2D eigenvalue weighted by molar-refractivity contribution is -0.184. The molecule has 0 amide bonds. The first-order chi connectivity index (χ1) is 14.1. The fraction of sp³-hybridized carbons (Fsp3) is 0.360. The van der Waals surface area contributed by atoms with Crippen LogP contribution >= 0.6 is 11.8 Å². The molecular formula is C25H27NO2S. The molecule has 0 spiro atoms. The zero-order valence-corrected chi connectivity index (χ0v) is 17.6. The van der Waals surface area contributed by atoms with Crippen molar-refractivity contribution in [3.63, 3.8) is 0 Å². The van der Waals surface area contributed by atoms with E-state index in [1.807, 2.05) is 12.1 Å². The maximum Gasteiger partial charge on any atom is 0.136 e. The van der Waals surface area contributed by atoms with E-state index in [4.69, 9.17) is 4.74 Å². The molecule has 0 saturated carbocycles. The van der Waals surface area contributed by atoms with Crippen molar-refractivity contribution in [2.75, 3.05) is 32.6 Å². The van der Waals surface area contributed by atoms with Crippen molar-refractivity contribution < 1.29 is 9.84 Å². The number of hydrogen-bond acceptors (Lipinski definition) is 4. The number of fused-ring (bicyclic) bond motifs is 1. The SMILES string of the molecule is C=C(c1ccc(C2(O)COC2)cc1)N1CC2C=C(c3ccc(SC)cc3)CC2C1. The Balaban J connectivity index is 1.25. The molecule has 3 aliphatic rings. The highest BCUT2D eigenvalue weighted by Crippen LogP contribution is 2.43. The predicted octanol–water partition coefficient (Wildman–Crippen LogP) is 4.63. The molecule has 0 radical (unpaired) electrons. The molecule has 150 valence electrons. The third kappa shape index (κ3) is 3.43. The number of likely N-dealkylation sites (tertiary alicyclic amines) is 1. The molecule has 2 atom stereocenters. The molecular weight excluding hydrogens is 378 g/mol. The summed E-state index contributed by atoms with van der Waals surface area (Å²) in [6.07, 6.45) is 5.76. The molecule has 0 bridgehead atoms. The summed E-state index contributed by atoms with van der Waals surface area (Å²) in [6, 6.07) is 17.1. The molecule has 5 rings (SSSR count). The van der Waals surface area contributed by atoms with Gasteiger partial charge in [-0.05, 0) is 58.9 Å². The summed E-state index contributed by atoms with van der Waals surface area (Å²) >= 11 is 1.79. The van der Waals surface area contributed by atoms with E-state index in [-0.39, 0.29) is 0 Å². The lowest BCUT2D eigenvalue weighted by atomic mass is 9.91. The first-order valence-corrected chi connectivity index (χ1v) is 11.5. The van der Waals surface area contributed by atoms with Gasteiger partial charge in [-0.2, -0.15) is 0 Å². The van der Waals surface area contributed by atoms with Crippen LogP contribution < -0.4 is 0 Å². The summed E-state index contributed by atoms with van der Waals surface area (Å²) in [4.78, 5) is 3.74. The van der Waals surface area contributed by atoms with Gasteiger partial charge in [-0.3, -0.25) is 0 Å². The van der Waals surface area contributed by atoms with Crippen molar-refractivity contribution in [1.82, 2.24) is 4.90 Å². The minimum Gasteiger partial charge on any atom is -0.380 e. The van der Waals surface area contributed by atoms with Crippen LogP contribution in [0.4, 0.5) is 0 Å². The first kappa shape index (κ1) is 19.0. The molecule has 3 nitrogen and oxygen atoms in total. The van der Waals surface area contributed by atoms with Crippen LogP contribution in [0.5, 0.6) is 0 Å². The van der Waals surface area contributed by atoms with E-state index in [9.17, 15) is 5.11 Å². The van der Waals surface area contributed by atoms with Gasteiger partial charge in [0.25, 0.3) is 0 Å². The Labute approximate surface area is 177 Å². The topological polar surface area (TPSA) is 32.7 Å². The monoisotopic (exact) mass is 405 g/mol. The smallest absolute Gasteiger partial charge is 0.136 e. The number of thioether (sulfide) groups is 1. The molecule has 0 aromatic heterocycles. The van der Waals surface area contributed by atoms with Crippen molar-refractivity contribution in [1.29, 1.82) is 0 Å². The van der Waals surface area contributed by atoms with Crippen LogP contribution in [0.1, 0.15) is 23.1 Å². The number of benzene rings is 2. The van der Waals surface area contributed by atoms with Gasteiger partial charge < -0.3 is 14.7 Å². The fourth-order valence-electron chi connectivity index (χ4n) is 4.77. The fourth-order valence-corrected chi connectivity index (χ4v) is 5.18. The largest absolute Gasteiger partial charge is 0.380 e. The van der Waals surface area contributed by atoms with Crippen molar-refractivity contribution in [3.8, 4) is 0 Å². The third-order valence-corrected chi connectivity index (χ3v) is 7.41. The minimum atomic E-state index is -0.806. The minimum absolute atomic E-state index is 0.386. The van der Waals surface area contributed by atoms with Gasteiger partial charge in [-0.25, -0.2) is 0 Å². The average molecular weight is 406 g/mol. The number of rotatable bonds is 5. The van der Waals surface area contributed by atoms with Gasteiger partial charge in [0.2, 0.25) is 0 Å². The number of allylic oxidation sites excluding steroid dienone is 1. The third-order valence-electron chi connectivity index (χ3n) is 6.67. The van der Waals surface area contributed by atoms with Crippen LogP contribution in [0, 0.1) is 11.8 Å². The van der Waals surface area contributed by atoms with Gasteiger partial charge in [-0.15, -0.1) is 11.8 Å². The lowest BCUT2D eigenvalue weighted by Crippen LogP contribution is -2.46. The standard InChI is InChI=1S/C25H27NO2S/c1-17(18-3-7-23(8-4-18)25(27)15-28-16-25)26-13-21-11-20(12-22(21)14-26)19-5-9-24(29-2)10-6-19/h3-11,21-22,27H,1,12-16H2,2H3. The number of ether oxygens (including phenoxy) is 1. The predicted molar refractivity (Wildman–Crippen MR) is 120 cm³/mol. The molecule has 4 heteroatoms. The molecule has 2 aromatic rings. The Morgan fingerprint density at radius 2 is 1.83 bits per heavy atom. The summed E-state index contributed by atoms with van der Waals surface area (Å²) < 4.78 is 5.16. The molecule has 2 heterocycles. The molecule has 2 fully saturated rings. The first-order valence-electron chi connectivity index (χ1n) is 10.3. The number of aliphatic hydroxyl groups is 1. The van der Waals surface area contributed by atoms with Gasteiger partial charge in [0, 0.05) is 23.7 Å². The molecule has 1 N–H and O–H groups in total. The Hall–Kier alpha value is -2.01. The van der Waals surface area contributed by atoms with Crippen LogP contribution in [0.2, 0.25) is 0 Å². The summed E-state index contributed by atoms with van der Waals surface area (Å²) in [7, 11) is 0. The van der Waals surface area contributed by atoms with Crippen molar-refractivity contribution in [2.24, 2.45) is 11.8 Å². The average Bonchev–Trinajstić information content (AvgIpc) is 3.31. The van der Waals surface area contributed by atoms with Crippen LogP contribution in [-0.2, 0) is 10.3 Å². The Kier molecular flexibility index (Phi) is 4.81. The van der Waals surface area contributed by atoms with E-state index in [2.05, 4.69) is 60.2 Å². The van der Waals surface area contributed by atoms with Crippen molar-refractivity contribution in [3.05, 3.63) is 77.9 Å². The quantitative estimate of drug-likeness (QED) is 0.735. The Morgan fingerprint density at radius 3 is 2.41 bits per heavy atom. The van der Waals surface area contributed by atoms with E-state index in [1.54, 1.807) is 11.8 Å². The molecule has 2 aromatic carbocycles. The maximum atomic E-state index is 10.4. The van der Waals surface area contributed by atoms with E-state index < -0.39 is 5.60 Å². The van der Waals surface area contributed by atoms with Crippen LogP contribution in [-0.4, -0.2) is 42.6 Å². The Bertz CT molecular complexity index is 944. The highest BCUT2D eigenvalue weighted by atomic mass is 32.2. The van der Waals surface area contributed by atoms with Gasteiger partial charge >= 0.3 is 0 Å². The second-order valence-corrected chi connectivity index (χ2v) is 9.38. The van der Waals surface area contributed by atoms with Crippen molar-refractivity contribution >= 4 is 23.0 Å². The van der Waals surface area contributed by atoms with Gasteiger partial charge in [0.1, 0.15) is 5.60 Å².